The van der Waals surface area contributed by atoms with Crippen LogP contribution in [0.2, 0.25) is 0 Å². The lowest BCUT2D eigenvalue weighted by molar-refractivity contribution is 0.0676. The number of piperazine rings is 1. The van der Waals surface area contributed by atoms with Crippen LogP contribution in [0, 0.1) is 6.92 Å². The number of nitrogens with one attached hydrogen (secondary N) is 2. The topological polar surface area (TPSA) is 61.4 Å². The van der Waals surface area contributed by atoms with Gasteiger partial charge in [0.05, 0.1) is 12.6 Å². The van der Waals surface area contributed by atoms with E-state index in [1.807, 2.05) is 0 Å². The van der Waals surface area contributed by atoms with Crippen molar-refractivity contribution < 1.29 is 9.47 Å². The Labute approximate surface area is 188 Å². The van der Waals surface area contributed by atoms with E-state index in [1.165, 1.54) is 18.7 Å². The normalized spacial score (nSPS) is 20.7. The second kappa shape index (κ2) is 12.9. The predicted octanol–water partition coefficient (Wildman–Crippen LogP) is 2.25. The molecule has 1 unspecified atom stereocenters. The molecule has 1 atom stereocenters. The van der Waals surface area contributed by atoms with Crippen molar-refractivity contribution in [2.45, 2.75) is 46.3 Å². The molecule has 0 spiro atoms. The lowest BCUT2D eigenvalue weighted by atomic mass is 10.1. The Morgan fingerprint density at radius 1 is 1.16 bits per heavy atom. The van der Waals surface area contributed by atoms with E-state index in [9.17, 15) is 0 Å². The first-order chi connectivity index (χ1) is 15.2. The van der Waals surface area contributed by atoms with Crippen LogP contribution in [0.5, 0.6) is 5.75 Å². The average Bonchev–Trinajstić information content (AvgIpc) is 3.31. The zero-order valence-corrected chi connectivity index (χ0v) is 19.7. The number of hydrogen-bond acceptors (Lipinski definition) is 5. The smallest absolute Gasteiger partial charge is 0.191 e. The van der Waals surface area contributed by atoms with Gasteiger partial charge in [0, 0.05) is 58.0 Å². The Bertz CT molecular complexity index is 683. The van der Waals surface area contributed by atoms with Gasteiger partial charge in [0.25, 0.3) is 0 Å². The van der Waals surface area contributed by atoms with Crippen LogP contribution < -0.4 is 15.4 Å². The third-order valence-electron chi connectivity index (χ3n) is 6.06. The fraction of sp³-hybridized carbons (Fsp3) is 0.708. The number of benzene rings is 1. The van der Waals surface area contributed by atoms with Gasteiger partial charge in [-0.15, -0.1) is 0 Å². The van der Waals surface area contributed by atoms with Crippen LogP contribution in [0.25, 0.3) is 0 Å². The molecular weight excluding hydrogens is 390 g/mol. The zero-order valence-electron chi connectivity index (χ0n) is 19.7. The van der Waals surface area contributed by atoms with Gasteiger partial charge in [0.1, 0.15) is 12.4 Å². The summed E-state index contributed by atoms with van der Waals surface area (Å²) in [7, 11) is 0. The molecule has 0 radical (unpaired) electrons. The van der Waals surface area contributed by atoms with Gasteiger partial charge in [-0.2, -0.15) is 0 Å². The number of rotatable bonds is 10. The Balaban J connectivity index is 1.50. The molecule has 3 rings (SSSR count). The van der Waals surface area contributed by atoms with Crippen LogP contribution in [0.4, 0.5) is 0 Å². The molecule has 2 fully saturated rings. The Kier molecular flexibility index (Phi) is 9.90. The largest absolute Gasteiger partial charge is 0.491 e. The first-order valence-corrected chi connectivity index (χ1v) is 12.0. The highest BCUT2D eigenvalue weighted by molar-refractivity contribution is 5.79. The maximum atomic E-state index is 6.13. The van der Waals surface area contributed by atoms with Crippen molar-refractivity contribution in [1.29, 1.82) is 0 Å². The number of aryl methyl sites for hydroxylation is 1. The Hall–Kier alpha value is -1.83. The molecule has 0 amide bonds. The monoisotopic (exact) mass is 431 g/mol. The van der Waals surface area contributed by atoms with Crippen LogP contribution in [-0.2, 0) is 11.3 Å². The molecule has 0 aromatic heterocycles. The molecule has 1 aromatic rings. The summed E-state index contributed by atoms with van der Waals surface area (Å²) in [5.41, 5.74) is 2.31. The highest BCUT2D eigenvalue weighted by atomic mass is 16.5. The summed E-state index contributed by atoms with van der Waals surface area (Å²) in [5, 5.41) is 6.86. The maximum absolute atomic E-state index is 6.13. The number of guanidine groups is 1. The molecule has 7 nitrogen and oxygen atoms in total. The number of likely N-dealkylation sites (N-methyl/N-ethyl adjacent to an activating group) is 1. The van der Waals surface area contributed by atoms with Gasteiger partial charge < -0.3 is 25.0 Å². The summed E-state index contributed by atoms with van der Waals surface area (Å²) in [5.74, 6) is 1.78. The van der Waals surface area contributed by atoms with E-state index >= 15 is 0 Å². The van der Waals surface area contributed by atoms with E-state index in [0.717, 1.165) is 76.0 Å². The minimum absolute atomic E-state index is 0.218. The van der Waals surface area contributed by atoms with E-state index in [1.54, 1.807) is 0 Å². The third-order valence-corrected chi connectivity index (χ3v) is 6.06. The molecule has 1 aromatic carbocycles. The first-order valence-electron chi connectivity index (χ1n) is 12.0. The molecule has 0 bridgehead atoms. The van der Waals surface area contributed by atoms with E-state index in [-0.39, 0.29) is 6.10 Å². The van der Waals surface area contributed by atoms with Crippen LogP contribution in [-0.4, -0.2) is 87.4 Å². The first kappa shape index (κ1) is 23.8. The van der Waals surface area contributed by atoms with Crippen LogP contribution >= 0.6 is 0 Å². The summed E-state index contributed by atoms with van der Waals surface area (Å²) >= 11 is 0. The van der Waals surface area contributed by atoms with Gasteiger partial charge in [-0.05, 0) is 44.9 Å². The van der Waals surface area contributed by atoms with Crippen molar-refractivity contribution in [2.24, 2.45) is 4.99 Å². The van der Waals surface area contributed by atoms with Gasteiger partial charge in [0.15, 0.2) is 5.96 Å². The van der Waals surface area contributed by atoms with Crippen molar-refractivity contribution in [3.05, 3.63) is 29.3 Å². The molecule has 2 N–H and O–H groups in total. The molecule has 0 saturated carbocycles. The molecular formula is C24H41N5O2. The quantitative estimate of drug-likeness (QED) is 0.438. The molecule has 2 saturated heterocycles. The van der Waals surface area contributed by atoms with Crippen molar-refractivity contribution in [1.82, 2.24) is 20.4 Å². The summed E-state index contributed by atoms with van der Waals surface area (Å²) < 4.78 is 11.8. The molecule has 7 heteroatoms. The van der Waals surface area contributed by atoms with Gasteiger partial charge in [-0.1, -0.05) is 19.1 Å². The van der Waals surface area contributed by atoms with E-state index < -0.39 is 0 Å². The summed E-state index contributed by atoms with van der Waals surface area (Å²) in [6.07, 6.45) is 2.43. The molecule has 174 valence electrons. The van der Waals surface area contributed by atoms with Crippen LogP contribution in [0.15, 0.2) is 23.2 Å². The molecule has 2 aliphatic rings. The third kappa shape index (κ3) is 7.98. The molecule has 31 heavy (non-hydrogen) atoms. The lowest BCUT2D eigenvalue weighted by Crippen LogP contribution is -2.49. The van der Waals surface area contributed by atoms with Crippen molar-refractivity contribution in [3.63, 3.8) is 0 Å². The van der Waals surface area contributed by atoms with Crippen LogP contribution in [0.1, 0.15) is 37.8 Å². The van der Waals surface area contributed by atoms with Gasteiger partial charge in [-0.3, -0.25) is 4.90 Å². The summed E-state index contributed by atoms with van der Waals surface area (Å²) in [4.78, 5) is 9.86. The second-order valence-corrected chi connectivity index (χ2v) is 8.46. The highest BCUT2D eigenvalue weighted by Gasteiger charge is 2.17. The average molecular weight is 432 g/mol. The van der Waals surface area contributed by atoms with Crippen LogP contribution in [0.3, 0.4) is 0 Å². The van der Waals surface area contributed by atoms with Crippen molar-refractivity contribution in [3.8, 4) is 5.75 Å². The summed E-state index contributed by atoms with van der Waals surface area (Å²) in [6, 6.07) is 6.36. The van der Waals surface area contributed by atoms with Gasteiger partial charge in [-0.25, -0.2) is 4.99 Å². The summed E-state index contributed by atoms with van der Waals surface area (Å²) in [6.45, 7) is 17.1. The number of hydrogen-bond donors (Lipinski definition) is 2. The minimum atomic E-state index is 0.218. The lowest BCUT2D eigenvalue weighted by Gasteiger charge is -2.34. The fourth-order valence-corrected chi connectivity index (χ4v) is 4.05. The Morgan fingerprint density at radius 3 is 2.68 bits per heavy atom. The predicted molar refractivity (Wildman–Crippen MR) is 127 cm³/mol. The fourth-order valence-electron chi connectivity index (χ4n) is 4.05. The van der Waals surface area contributed by atoms with Crippen molar-refractivity contribution in [2.75, 3.05) is 65.6 Å². The van der Waals surface area contributed by atoms with E-state index in [4.69, 9.17) is 14.5 Å². The number of ether oxygens (including phenoxy) is 2. The zero-order chi connectivity index (χ0) is 21.9. The van der Waals surface area contributed by atoms with Crippen molar-refractivity contribution >= 4 is 5.96 Å². The maximum Gasteiger partial charge on any atom is 0.191 e. The second-order valence-electron chi connectivity index (χ2n) is 8.46. The molecule has 2 aliphatic heterocycles. The number of nitrogens with zero attached hydrogens (tertiary/aromatic N) is 3. The standard InChI is InChI=1S/C24H41N5O2/c1-4-25-24(26-10-11-29-14-12-28(5-2)13-15-29)27-18-21-9-8-20(3)17-23(21)31-19-22-7-6-16-30-22/h8-9,17,22H,4-7,10-16,18-19H2,1-3H3,(H2,25,26,27). The molecule has 0 aliphatic carbocycles. The van der Waals surface area contributed by atoms with Gasteiger partial charge >= 0.3 is 0 Å². The molecule has 2 heterocycles. The van der Waals surface area contributed by atoms with E-state index in [2.05, 4.69) is 59.4 Å². The SMILES string of the molecule is CCNC(=NCc1ccc(C)cc1OCC1CCCO1)NCCN1CCN(CC)CC1. The number of aliphatic imine (C=N–C) groups is 1. The minimum Gasteiger partial charge on any atom is -0.491 e. The Morgan fingerprint density at radius 2 is 1.97 bits per heavy atom. The van der Waals surface area contributed by atoms with E-state index in [0.29, 0.717) is 13.2 Å². The highest BCUT2D eigenvalue weighted by Crippen LogP contribution is 2.23. The van der Waals surface area contributed by atoms with Gasteiger partial charge in [0.2, 0.25) is 0 Å².